The van der Waals surface area contributed by atoms with Gasteiger partial charge in [0.2, 0.25) is 11.8 Å². The summed E-state index contributed by atoms with van der Waals surface area (Å²) in [4.78, 5) is 12.0. The molecule has 1 aromatic heterocycles. The van der Waals surface area contributed by atoms with E-state index in [4.69, 9.17) is 9.15 Å². The molecular formula is C17H14BrN3O3S. The van der Waals surface area contributed by atoms with Gasteiger partial charge in [-0.2, -0.15) is 0 Å². The Morgan fingerprint density at radius 3 is 2.76 bits per heavy atom. The van der Waals surface area contributed by atoms with E-state index < -0.39 is 0 Å². The highest BCUT2D eigenvalue weighted by molar-refractivity contribution is 9.10. The van der Waals surface area contributed by atoms with E-state index in [1.165, 1.54) is 11.8 Å². The summed E-state index contributed by atoms with van der Waals surface area (Å²) < 4.78 is 11.6. The van der Waals surface area contributed by atoms with E-state index in [-0.39, 0.29) is 11.7 Å². The van der Waals surface area contributed by atoms with Gasteiger partial charge >= 0.3 is 0 Å². The summed E-state index contributed by atoms with van der Waals surface area (Å²) in [7, 11) is 1.61. The second-order valence-corrected chi connectivity index (χ2v) is 6.79. The maximum absolute atomic E-state index is 12.0. The number of anilines is 1. The highest BCUT2D eigenvalue weighted by Gasteiger charge is 2.11. The summed E-state index contributed by atoms with van der Waals surface area (Å²) in [6.07, 6.45) is 0. The van der Waals surface area contributed by atoms with Crippen LogP contribution in [0, 0.1) is 0 Å². The van der Waals surface area contributed by atoms with Gasteiger partial charge in [0.25, 0.3) is 5.22 Å². The Kier molecular flexibility index (Phi) is 5.72. The number of amides is 1. The number of carbonyl (C=O) groups excluding carboxylic acids is 1. The van der Waals surface area contributed by atoms with Gasteiger partial charge in [0, 0.05) is 15.7 Å². The molecule has 0 bridgehead atoms. The molecular weight excluding hydrogens is 406 g/mol. The number of nitrogens with one attached hydrogen (secondary N) is 1. The van der Waals surface area contributed by atoms with Crippen LogP contribution < -0.4 is 10.1 Å². The first-order valence-corrected chi connectivity index (χ1v) is 9.08. The van der Waals surface area contributed by atoms with E-state index in [0.717, 1.165) is 21.5 Å². The lowest BCUT2D eigenvalue weighted by molar-refractivity contribution is -0.113. The van der Waals surface area contributed by atoms with Crippen LogP contribution >= 0.6 is 27.7 Å². The summed E-state index contributed by atoms with van der Waals surface area (Å²) in [5, 5.41) is 11.1. The van der Waals surface area contributed by atoms with E-state index in [1.54, 1.807) is 7.11 Å². The molecule has 6 nitrogen and oxygen atoms in total. The van der Waals surface area contributed by atoms with Gasteiger partial charge in [-0.15, -0.1) is 10.2 Å². The van der Waals surface area contributed by atoms with E-state index >= 15 is 0 Å². The van der Waals surface area contributed by atoms with Gasteiger partial charge in [0.05, 0.1) is 12.9 Å². The lowest BCUT2D eigenvalue weighted by Crippen LogP contribution is -2.13. The van der Waals surface area contributed by atoms with Crippen LogP contribution in [-0.4, -0.2) is 29.0 Å². The Bertz CT molecular complexity index is 868. The number of carbonyl (C=O) groups is 1. The molecule has 0 radical (unpaired) electrons. The number of thioether (sulfide) groups is 1. The monoisotopic (exact) mass is 419 g/mol. The number of rotatable bonds is 6. The Labute approximate surface area is 157 Å². The average molecular weight is 420 g/mol. The minimum absolute atomic E-state index is 0.146. The molecule has 0 fully saturated rings. The zero-order chi connectivity index (χ0) is 17.6. The highest BCUT2D eigenvalue weighted by Crippen LogP contribution is 2.25. The third-order valence-corrected chi connectivity index (χ3v) is 4.49. The van der Waals surface area contributed by atoms with Crippen LogP contribution in [0.15, 0.2) is 62.6 Å². The Balaban J connectivity index is 1.56. The van der Waals surface area contributed by atoms with Crippen molar-refractivity contribution in [2.75, 3.05) is 18.2 Å². The summed E-state index contributed by atoms with van der Waals surface area (Å²) in [5.74, 6) is 1.18. The SMILES string of the molecule is COc1ccc(-c2nnc(SCC(=O)Nc3cccc(Br)c3)o2)cc1. The van der Waals surface area contributed by atoms with Gasteiger partial charge < -0.3 is 14.5 Å². The number of nitrogens with zero attached hydrogens (tertiary/aromatic N) is 2. The normalized spacial score (nSPS) is 10.5. The smallest absolute Gasteiger partial charge is 0.277 e. The Morgan fingerprint density at radius 2 is 2.04 bits per heavy atom. The van der Waals surface area contributed by atoms with E-state index in [0.29, 0.717) is 11.1 Å². The summed E-state index contributed by atoms with van der Waals surface area (Å²) in [6, 6.07) is 14.7. The molecule has 3 rings (SSSR count). The van der Waals surface area contributed by atoms with Gasteiger partial charge in [0.15, 0.2) is 0 Å². The molecule has 3 aromatic rings. The number of ether oxygens (including phenoxy) is 1. The minimum Gasteiger partial charge on any atom is -0.497 e. The average Bonchev–Trinajstić information content (AvgIpc) is 3.09. The van der Waals surface area contributed by atoms with Crippen LogP contribution in [0.4, 0.5) is 5.69 Å². The van der Waals surface area contributed by atoms with Crippen molar-refractivity contribution in [1.29, 1.82) is 0 Å². The number of hydrogen-bond acceptors (Lipinski definition) is 6. The Hall–Kier alpha value is -2.32. The zero-order valence-electron chi connectivity index (χ0n) is 13.2. The highest BCUT2D eigenvalue weighted by atomic mass is 79.9. The predicted octanol–water partition coefficient (Wildman–Crippen LogP) is 4.24. The number of aromatic nitrogens is 2. The number of benzene rings is 2. The van der Waals surface area contributed by atoms with Gasteiger partial charge in [0.1, 0.15) is 5.75 Å². The van der Waals surface area contributed by atoms with E-state index in [2.05, 4.69) is 31.4 Å². The second-order valence-electron chi connectivity index (χ2n) is 4.95. The van der Waals surface area contributed by atoms with Crippen molar-refractivity contribution in [3.63, 3.8) is 0 Å². The molecule has 0 unspecified atom stereocenters. The van der Waals surface area contributed by atoms with E-state index in [1.807, 2.05) is 48.5 Å². The lowest BCUT2D eigenvalue weighted by atomic mass is 10.2. The topological polar surface area (TPSA) is 77.2 Å². The molecule has 0 saturated heterocycles. The first-order chi connectivity index (χ1) is 12.1. The first-order valence-electron chi connectivity index (χ1n) is 7.30. The van der Waals surface area contributed by atoms with Crippen LogP contribution in [0.1, 0.15) is 0 Å². The van der Waals surface area contributed by atoms with Gasteiger partial charge in [-0.25, -0.2) is 0 Å². The quantitative estimate of drug-likeness (QED) is 0.602. The molecule has 8 heteroatoms. The van der Waals surface area contributed by atoms with Crippen LogP contribution in [0.2, 0.25) is 0 Å². The molecule has 128 valence electrons. The van der Waals surface area contributed by atoms with Gasteiger partial charge in [-0.3, -0.25) is 4.79 Å². The van der Waals surface area contributed by atoms with Crippen molar-refractivity contribution >= 4 is 39.3 Å². The molecule has 1 amide bonds. The fourth-order valence-corrected chi connectivity index (χ4v) is 2.97. The molecule has 0 aliphatic heterocycles. The van der Waals surface area contributed by atoms with Crippen LogP contribution in [0.5, 0.6) is 5.75 Å². The van der Waals surface area contributed by atoms with Crippen LogP contribution in [0.25, 0.3) is 11.5 Å². The predicted molar refractivity (Wildman–Crippen MR) is 99.8 cm³/mol. The molecule has 0 spiro atoms. The van der Waals surface area contributed by atoms with Gasteiger partial charge in [-0.1, -0.05) is 33.8 Å². The fraction of sp³-hybridized carbons (Fsp3) is 0.118. The standard InChI is InChI=1S/C17H14BrN3O3S/c1-23-14-7-5-11(6-8-14)16-20-21-17(24-16)25-10-15(22)19-13-4-2-3-12(18)9-13/h2-9H,10H2,1H3,(H,19,22). The maximum atomic E-state index is 12.0. The van der Waals surface area contributed by atoms with Crippen molar-refractivity contribution in [2.45, 2.75) is 5.22 Å². The maximum Gasteiger partial charge on any atom is 0.277 e. The van der Waals surface area contributed by atoms with Crippen molar-refractivity contribution in [3.8, 4) is 17.2 Å². The molecule has 1 heterocycles. The van der Waals surface area contributed by atoms with E-state index in [9.17, 15) is 4.79 Å². The number of hydrogen-bond donors (Lipinski definition) is 1. The van der Waals surface area contributed by atoms with Crippen LogP contribution in [0.3, 0.4) is 0 Å². The largest absolute Gasteiger partial charge is 0.497 e. The van der Waals surface area contributed by atoms with Crippen LogP contribution in [-0.2, 0) is 4.79 Å². The molecule has 0 saturated carbocycles. The van der Waals surface area contributed by atoms with Crippen molar-refractivity contribution < 1.29 is 13.9 Å². The summed E-state index contributed by atoms with van der Waals surface area (Å²) in [6.45, 7) is 0. The lowest BCUT2D eigenvalue weighted by Gasteiger charge is -2.04. The number of halogens is 1. The minimum atomic E-state index is -0.146. The third kappa shape index (κ3) is 4.83. The Morgan fingerprint density at radius 1 is 1.24 bits per heavy atom. The van der Waals surface area contributed by atoms with Crippen molar-refractivity contribution in [1.82, 2.24) is 10.2 Å². The summed E-state index contributed by atoms with van der Waals surface area (Å²) in [5.41, 5.74) is 1.52. The van der Waals surface area contributed by atoms with Crippen molar-refractivity contribution in [2.24, 2.45) is 0 Å². The molecule has 0 aliphatic carbocycles. The molecule has 0 aliphatic rings. The molecule has 25 heavy (non-hydrogen) atoms. The first kappa shape index (κ1) is 17.5. The molecule has 0 atom stereocenters. The van der Waals surface area contributed by atoms with Crippen molar-refractivity contribution in [3.05, 3.63) is 53.0 Å². The second kappa shape index (κ2) is 8.17. The third-order valence-electron chi connectivity index (χ3n) is 3.18. The molecule has 1 N–H and O–H groups in total. The molecule has 2 aromatic carbocycles. The zero-order valence-corrected chi connectivity index (χ0v) is 15.6. The fourth-order valence-electron chi connectivity index (χ4n) is 2.01. The summed E-state index contributed by atoms with van der Waals surface area (Å²) >= 11 is 4.55. The number of methoxy groups -OCH3 is 1. The van der Waals surface area contributed by atoms with Gasteiger partial charge in [-0.05, 0) is 42.5 Å².